The molecule has 0 aromatic heterocycles. The van der Waals surface area contributed by atoms with Crippen molar-refractivity contribution in [1.29, 1.82) is 0 Å². The van der Waals surface area contributed by atoms with Crippen molar-refractivity contribution in [3.8, 4) is 0 Å². The SMILES string of the molecule is CCC(C)CC(=O)N(NC(=O)OCc1ccccc1)C(C)(C)C(=O)O. The van der Waals surface area contributed by atoms with E-state index < -0.39 is 23.5 Å². The minimum absolute atomic E-state index is 0.0214. The monoisotopic (exact) mass is 350 g/mol. The molecule has 0 saturated heterocycles. The molecule has 0 bridgehead atoms. The smallest absolute Gasteiger partial charge is 0.426 e. The molecule has 0 aliphatic rings. The van der Waals surface area contributed by atoms with Crippen molar-refractivity contribution in [2.45, 2.75) is 52.7 Å². The summed E-state index contributed by atoms with van der Waals surface area (Å²) in [5.74, 6) is -1.63. The number of carboxylic acid groups (broad SMARTS) is 1. The van der Waals surface area contributed by atoms with Crippen molar-refractivity contribution in [1.82, 2.24) is 10.4 Å². The van der Waals surface area contributed by atoms with E-state index in [9.17, 15) is 19.5 Å². The fourth-order valence-corrected chi connectivity index (χ4v) is 1.99. The van der Waals surface area contributed by atoms with Crippen LogP contribution in [0.3, 0.4) is 0 Å². The van der Waals surface area contributed by atoms with Crippen LogP contribution in [0.1, 0.15) is 46.1 Å². The van der Waals surface area contributed by atoms with E-state index >= 15 is 0 Å². The van der Waals surface area contributed by atoms with Gasteiger partial charge in [-0.05, 0) is 25.3 Å². The van der Waals surface area contributed by atoms with E-state index in [0.717, 1.165) is 17.0 Å². The first kappa shape index (κ1) is 20.5. The van der Waals surface area contributed by atoms with Gasteiger partial charge in [0.2, 0.25) is 5.91 Å². The van der Waals surface area contributed by atoms with E-state index in [0.29, 0.717) is 0 Å². The number of nitrogens with zero attached hydrogens (tertiary/aromatic N) is 1. The Morgan fingerprint density at radius 3 is 2.36 bits per heavy atom. The van der Waals surface area contributed by atoms with E-state index in [1.165, 1.54) is 13.8 Å². The summed E-state index contributed by atoms with van der Waals surface area (Å²) in [4.78, 5) is 36.0. The summed E-state index contributed by atoms with van der Waals surface area (Å²) >= 11 is 0. The number of hydrogen-bond acceptors (Lipinski definition) is 4. The third-order valence-corrected chi connectivity index (χ3v) is 3.97. The van der Waals surface area contributed by atoms with Gasteiger partial charge < -0.3 is 9.84 Å². The van der Waals surface area contributed by atoms with Crippen molar-refractivity contribution in [2.24, 2.45) is 5.92 Å². The van der Waals surface area contributed by atoms with Gasteiger partial charge >= 0.3 is 12.1 Å². The summed E-state index contributed by atoms with van der Waals surface area (Å²) < 4.78 is 5.08. The van der Waals surface area contributed by atoms with Crippen LogP contribution in [-0.2, 0) is 20.9 Å². The van der Waals surface area contributed by atoms with Crippen LogP contribution in [0.4, 0.5) is 4.79 Å². The summed E-state index contributed by atoms with van der Waals surface area (Å²) in [5, 5.41) is 10.2. The average molecular weight is 350 g/mol. The second-order valence-corrected chi connectivity index (χ2v) is 6.48. The molecule has 0 fully saturated rings. The Morgan fingerprint density at radius 1 is 1.24 bits per heavy atom. The number of hydrazine groups is 1. The Bertz CT molecular complexity index is 601. The first-order chi connectivity index (χ1) is 11.7. The van der Waals surface area contributed by atoms with E-state index in [-0.39, 0.29) is 18.9 Å². The summed E-state index contributed by atoms with van der Waals surface area (Å²) in [6.07, 6.45) is 0.0215. The van der Waals surface area contributed by atoms with Crippen molar-refractivity contribution in [3.63, 3.8) is 0 Å². The number of hydrogen-bond donors (Lipinski definition) is 2. The zero-order valence-corrected chi connectivity index (χ0v) is 15.1. The average Bonchev–Trinajstić information content (AvgIpc) is 2.58. The molecule has 1 atom stereocenters. The number of amides is 2. The van der Waals surface area contributed by atoms with Crippen LogP contribution in [-0.4, -0.2) is 33.6 Å². The maximum atomic E-state index is 12.5. The molecule has 1 aromatic rings. The Balaban J connectivity index is 2.80. The van der Waals surface area contributed by atoms with E-state index in [4.69, 9.17) is 4.74 Å². The minimum Gasteiger partial charge on any atom is -0.479 e. The standard InChI is InChI=1S/C18H26N2O5/c1-5-13(2)11-15(21)20(18(3,4)16(22)23)19-17(24)25-12-14-9-7-6-8-10-14/h6-10,13H,5,11-12H2,1-4H3,(H,19,24)(H,22,23). The molecule has 7 heteroatoms. The number of carboxylic acids is 1. The van der Waals surface area contributed by atoms with Gasteiger partial charge in [-0.25, -0.2) is 20.0 Å². The molecule has 1 aromatic carbocycles. The summed E-state index contributed by atoms with van der Waals surface area (Å²) in [6, 6.07) is 9.05. The fraction of sp³-hybridized carbons (Fsp3) is 0.500. The number of carbonyl (C=O) groups excluding carboxylic acids is 2. The third kappa shape index (κ3) is 6.10. The molecule has 2 amide bonds. The van der Waals surface area contributed by atoms with Gasteiger partial charge in [0, 0.05) is 6.42 Å². The lowest BCUT2D eigenvalue weighted by atomic mass is 10.0. The van der Waals surface area contributed by atoms with E-state index in [2.05, 4.69) is 5.43 Å². The molecule has 0 radical (unpaired) electrons. The summed E-state index contributed by atoms with van der Waals surface area (Å²) in [6.45, 7) is 6.54. The maximum Gasteiger partial charge on any atom is 0.426 e. The topological polar surface area (TPSA) is 95.9 Å². The normalized spacial score (nSPS) is 12.2. The highest BCUT2D eigenvalue weighted by Crippen LogP contribution is 2.17. The lowest BCUT2D eigenvalue weighted by molar-refractivity contribution is -0.160. The molecule has 0 saturated carbocycles. The van der Waals surface area contributed by atoms with Crippen LogP contribution in [0.5, 0.6) is 0 Å². The lowest BCUT2D eigenvalue weighted by Crippen LogP contribution is -2.61. The van der Waals surface area contributed by atoms with Gasteiger partial charge in [0.05, 0.1) is 0 Å². The van der Waals surface area contributed by atoms with Crippen LogP contribution >= 0.6 is 0 Å². The van der Waals surface area contributed by atoms with Crippen LogP contribution in [0, 0.1) is 5.92 Å². The number of carbonyl (C=O) groups is 3. The first-order valence-corrected chi connectivity index (χ1v) is 8.22. The third-order valence-electron chi connectivity index (χ3n) is 3.97. The number of benzene rings is 1. The lowest BCUT2D eigenvalue weighted by Gasteiger charge is -2.35. The highest BCUT2D eigenvalue weighted by Gasteiger charge is 2.39. The maximum absolute atomic E-state index is 12.5. The van der Waals surface area contributed by atoms with Crippen LogP contribution in [0.2, 0.25) is 0 Å². The van der Waals surface area contributed by atoms with Gasteiger partial charge in [0.25, 0.3) is 0 Å². The minimum atomic E-state index is -1.60. The summed E-state index contributed by atoms with van der Waals surface area (Å²) in [7, 11) is 0. The predicted molar refractivity (Wildman–Crippen MR) is 92.4 cm³/mol. The fourth-order valence-electron chi connectivity index (χ4n) is 1.99. The molecule has 0 aliphatic heterocycles. The number of aliphatic carboxylic acids is 1. The molecule has 0 spiro atoms. The summed E-state index contributed by atoms with van der Waals surface area (Å²) in [5.41, 5.74) is 1.46. The van der Waals surface area contributed by atoms with E-state index in [1.807, 2.05) is 32.0 Å². The van der Waals surface area contributed by atoms with Gasteiger partial charge in [0.1, 0.15) is 6.61 Å². The van der Waals surface area contributed by atoms with Crippen molar-refractivity contribution >= 4 is 18.0 Å². The number of rotatable bonds is 7. The molecule has 2 N–H and O–H groups in total. The second kappa shape index (κ2) is 9.05. The molecule has 0 aliphatic carbocycles. The van der Waals surface area contributed by atoms with Crippen LogP contribution < -0.4 is 5.43 Å². The number of ether oxygens (including phenoxy) is 1. The van der Waals surface area contributed by atoms with E-state index in [1.54, 1.807) is 12.1 Å². The molecule has 0 heterocycles. The quantitative estimate of drug-likeness (QED) is 0.737. The highest BCUT2D eigenvalue weighted by molar-refractivity contribution is 5.87. The molecule has 7 nitrogen and oxygen atoms in total. The van der Waals surface area contributed by atoms with Gasteiger partial charge in [-0.15, -0.1) is 0 Å². The Hall–Kier alpha value is -2.57. The van der Waals surface area contributed by atoms with Crippen molar-refractivity contribution < 1.29 is 24.2 Å². The molecular formula is C18H26N2O5. The molecule has 25 heavy (non-hydrogen) atoms. The Kier molecular flexibility index (Phi) is 7.42. The van der Waals surface area contributed by atoms with Gasteiger partial charge in [0.15, 0.2) is 5.54 Å². The zero-order valence-electron chi connectivity index (χ0n) is 15.1. The van der Waals surface area contributed by atoms with Gasteiger partial charge in [-0.2, -0.15) is 0 Å². The highest BCUT2D eigenvalue weighted by atomic mass is 16.6. The van der Waals surface area contributed by atoms with Crippen molar-refractivity contribution in [3.05, 3.63) is 35.9 Å². The van der Waals surface area contributed by atoms with Crippen molar-refractivity contribution in [2.75, 3.05) is 0 Å². The molecular weight excluding hydrogens is 324 g/mol. The zero-order chi connectivity index (χ0) is 19.0. The van der Waals surface area contributed by atoms with Crippen LogP contribution in [0.25, 0.3) is 0 Å². The predicted octanol–water partition coefficient (Wildman–Crippen LogP) is 2.96. The molecule has 1 unspecified atom stereocenters. The van der Waals surface area contributed by atoms with Crippen LogP contribution in [0.15, 0.2) is 30.3 Å². The number of nitrogens with one attached hydrogen (secondary N) is 1. The largest absolute Gasteiger partial charge is 0.479 e. The Labute approximate surface area is 147 Å². The first-order valence-electron chi connectivity index (χ1n) is 8.22. The second-order valence-electron chi connectivity index (χ2n) is 6.48. The van der Waals surface area contributed by atoms with Gasteiger partial charge in [-0.1, -0.05) is 50.6 Å². The molecule has 138 valence electrons. The van der Waals surface area contributed by atoms with Gasteiger partial charge in [-0.3, -0.25) is 4.79 Å². The Morgan fingerprint density at radius 2 is 1.84 bits per heavy atom. The molecule has 1 rings (SSSR count).